The van der Waals surface area contributed by atoms with Gasteiger partial charge in [0.25, 0.3) is 8.48 Å². The Morgan fingerprint density at radius 3 is 1.61 bits per heavy atom. The molecule has 0 heterocycles. The van der Waals surface area contributed by atoms with E-state index in [9.17, 15) is 0 Å². The second-order valence-electron chi connectivity index (χ2n) is 6.65. The predicted molar refractivity (Wildman–Crippen MR) is 86.9 cm³/mol. The van der Waals surface area contributed by atoms with Gasteiger partial charge in [0, 0.05) is 0 Å². The molecule has 0 aromatic heterocycles. The molecule has 0 atom stereocenters. The van der Waals surface area contributed by atoms with Gasteiger partial charge in [-0.2, -0.15) is 0 Å². The standard InChI is InChI=1S/C10H30NO3Si4/c1-11(2)17(7,8)14-18(9,10)13-15(3)12-16(4,5)6/h1-10H3. The summed E-state index contributed by atoms with van der Waals surface area (Å²) in [4.78, 5) is 0. The molecule has 8 heteroatoms. The van der Waals surface area contributed by atoms with Crippen LogP contribution in [0.15, 0.2) is 0 Å². The minimum atomic E-state index is -2.10. The molecule has 0 saturated heterocycles. The van der Waals surface area contributed by atoms with E-state index in [0.29, 0.717) is 0 Å². The van der Waals surface area contributed by atoms with Gasteiger partial charge >= 0.3 is 17.8 Å². The first-order valence-corrected chi connectivity index (χ1v) is 17.2. The third-order valence-corrected chi connectivity index (χ3v) is 15.2. The summed E-state index contributed by atoms with van der Waals surface area (Å²) in [6, 6.07) is 0. The van der Waals surface area contributed by atoms with Gasteiger partial charge in [-0.05, 0) is 66.5 Å². The highest BCUT2D eigenvalue weighted by molar-refractivity contribution is 6.84. The highest BCUT2D eigenvalue weighted by Crippen LogP contribution is 2.19. The van der Waals surface area contributed by atoms with E-state index in [1.165, 1.54) is 0 Å². The number of rotatable bonds is 7. The molecule has 4 nitrogen and oxygen atoms in total. The fourth-order valence-corrected chi connectivity index (χ4v) is 14.4. The molecule has 0 bridgehead atoms. The second-order valence-corrected chi connectivity index (χ2v) is 20.9. The fourth-order valence-electron chi connectivity index (χ4n) is 1.51. The van der Waals surface area contributed by atoms with Crippen LogP contribution in [0.1, 0.15) is 0 Å². The van der Waals surface area contributed by atoms with E-state index in [4.69, 9.17) is 12.3 Å². The molecule has 0 N–H and O–H groups in total. The van der Waals surface area contributed by atoms with Crippen molar-refractivity contribution in [1.29, 1.82) is 0 Å². The molecule has 0 amide bonds. The van der Waals surface area contributed by atoms with Crippen LogP contribution in [0.3, 0.4) is 0 Å². The summed E-state index contributed by atoms with van der Waals surface area (Å²) in [5.74, 6) is 0. The summed E-state index contributed by atoms with van der Waals surface area (Å²) in [7, 11) is -2.46. The van der Waals surface area contributed by atoms with Gasteiger partial charge in [-0.1, -0.05) is 0 Å². The number of hydrogen-bond acceptors (Lipinski definition) is 4. The third kappa shape index (κ3) is 7.99. The molecule has 0 fully saturated rings. The van der Waals surface area contributed by atoms with Crippen molar-refractivity contribution in [2.24, 2.45) is 0 Å². The Morgan fingerprint density at radius 1 is 0.833 bits per heavy atom. The third-order valence-electron chi connectivity index (χ3n) is 2.41. The first-order chi connectivity index (χ1) is 7.75. The molecule has 0 spiro atoms. The lowest BCUT2D eigenvalue weighted by atomic mass is 11.3. The topological polar surface area (TPSA) is 30.9 Å². The van der Waals surface area contributed by atoms with Gasteiger partial charge in [-0.25, -0.2) is 0 Å². The quantitative estimate of drug-likeness (QED) is 0.674. The summed E-state index contributed by atoms with van der Waals surface area (Å²) in [6.45, 7) is 17.3. The molecular formula is C10H30NO3Si4. The van der Waals surface area contributed by atoms with Crippen molar-refractivity contribution in [1.82, 2.24) is 4.57 Å². The minimum Gasteiger partial charge on any atom is -0.436 e. The van der Waals surface area contributed by atoms with Gasteiger partial charge in [0.05, 0.1) is 0 Å². The lowest BCUT2D eigenvalue weighted by molar-refractivity contribution is 0.329. The van der Waals surface area contributed by atoms with Crippen LogP contribution in [0.2, 0.25) is 52.4 Å². The van der Waals surface area contributed by atoms with Gasteiger partial charge < -0.3 is 16.9 Å². The Labute approximate surface area is 118 Å². The van der Waals surface area contributed by atoms with Gasteiger partial charge in [0.1, 0.15) is 0 Å². The highest BCUT2D eigenvalue weighted by Gasteiger charge is 2.39. The maximum Gasteiger partial charge on any atom is 0.360 e. The van der Waals surface area contributed by atoms with Gasteiger partial charge in [-0.3, -0.25) is 0 Å². The molecule has 0 aromatic carbocycles. The lowest BCUT2D eigenvalue weighted by Crippen LogP contribution is -2.56. The SMILES string of the molecule is CN(C)[Si](C)(C)O[Si](C)(C)O[Si](C)O[Si](C)(C)C. The van der Waals surface area contributed by atoms with Crippen LogP contribution in [-0.4, -0.2) is 53.3 Å². The van der Waals surface area contributed by atoms with Crippen molar-refractivity contribution in [3.63, 3.8) is 0 Å². The molecule has 1 radical (unpaired) electrons. The van der Waals surface area contributed by atoms with E-state index in [1.807, 2.05) is 0 Å². The summed E-state index contributed by atoms with van der Waals surface area (Å²) in [5, 5.41) is 0. The van der Waals surface area contributed by atoms with Crippen LogP contribution >= 0.6 is 0 Å². The number of nitrogens with zero attached hydrogens (tertiary/aromatic N) is 1. The van der Waals surface area contributed by atoms with E-state index < -0.39 is 34.6 Å². The van der Waals surface area contributed by atoms with Crippen molar-refractivity contribution >= 4 is 34.6 Å². The fraction of sp³-hybridized carbons (Fsp3) is 1.00. The molecule has 0 aliphatic carbocycles. The smallest absolute Gasteiger partial charge is 0.360 e. The Kier molecular flexibility index (Phi) is 6.69. The Balaban J connectivity index is 4.48. The van der Waals surface area contributed by atoms with Gasteiger partial charge in [0.15, 0.2) is 8.32 Å². The van der Waals surface area contributed by atoms with E-state index in [0.717, 1.165) is 0 Å². The molecule has 18 heavy (non-hydrogen) atoms. The summed E-state index contributed by atoms with van der Waals surface area (Å²) in [5.41, 5.74) is 0. The Hall–Kier alpha value is 0.708. The van der Waals surface area contributed by atoms with Crippen molar-refractivity contribution in [3.05, 3.63) is 0 Å². The summed E-state index contributed by atoms with van der Waals surface area (Å²) >= 11 is 0. The maximum atomic E-state index is 6.31. The molecular weight excluding hydrogens is 294 g/mol. The molecule has 0 aromatic rings. The zero-order valence-electron chi connectivity index (χ0n) is 13.7. The minimum absolute atomic E-state index is 1.20. The highest BCUT2D eigenvalue weighted by atomic mass is 28.5. The zero-order chi connectivity index (χ0) is 14.8. The zero-order valence-corrected chi connectivity index (χ0v) is 17.7. The second kappa shape index (κ2) is 6.44. The molecule has 109 valence electrons. The maximum absolute atomic E-state index is 6.31. The molecule has 0 rings (SSSR count). The molecule has 0 saturated carbocycles. The van der Waals surface area contributed by atoms with E-state index in [2.05, 4.69) is 71.0 Å². The van der Waals surface area contributed by atoms with Crippen molar-refractivity contribution in [2.75, 3.05) is 14.1 Å². The van der Waals surface area contributed by atoms with Crippen LogP contribution in [0.4, 0.5) is 0 Å². The summed E-state index contributed by atoms with van der Waals surface area (Å²) in [6.07, 6.45) is 0. The monoisotopic (exact) mass is 324 g/mol. The van der Waals surface area contributed by atoms with Crippen LogP contribution in [0, 0.1) is 0 Å². The van der Waals surface area contributed by atoms with Crippen LogP contribution in [0.25, 0.3) is 0 Å². The van der Waals surface area contributed by atoms with Crippen LogP contribution < -0.4 is 0 Å². The first-order valence-electron chi connectivity index (χ1n) is 6.34. The Morgan fingerprint density at radius 2 is 1.28 bits per heavy atom. The van der Waals surface area contributed by atoms with Crippen LogP contribution in [-0.2, 0) is 12.3 Å². The molecule has 0 unspecified atom stereocenters. The summed E-state index contributed by atoms with van der Waals surface area (Å²) < 4.78 is 20.7. The van der Waals surface area contributed by atoms with E-state index in [1.54, 1.807) is 0 Å². The predicted octanol–water partition coefficient (Wildman–Crippen LogP) is 2.95. The van der Waals surface area contributed by atoms with Crippen molar-refractivity contribution < 1.29 is 12.3 Å². The normalized spacial score (nSPS) is 14.7. The average molecular weight is 325 g/mol. The van der Waals surface area contributed by atoms with Crippen molar-refractivity contribution in [2.45, 2.75) is 52.4 Å². The largest absolute Gasteiger partial charge is 0.436 e. The van der Waals surface area contributed by atoms with E-state index >= 15 is 0 Å². The van der Waals surface area contributed by atoms with Crippen LogP contribution in [0.5, 0.6) is 0 Å². The van der Waals surface area contributed by atoms with Gasteiger partial charge in [0.2, 0.25) is 0 Å². The van der Waals surface area contributed by atoms with Crippen molar-refractivity contribution in [3.8, 4) is 0 Å². The van der Waals surface area contributed by atoms with Gasteiger partial charge in [-0.15, -0.1) is 0 Å². The average Bonchev–Trinajstić information content (AvgIpc) is 1.94. The Bertz CT molecular complexity index is 266. The lowest BCUT2D eigenvalue weighted by Gasteiger charge is -2.38. The molecule has 0 aliphatic rings. The first kappa shape index (κ1) is 18.7. The molecule has 0 aliphatic heterocycles. The number of hydrogen-bond donors (Lipinski definition) is 0. The van der Waals surface area contributed by atoms with E-state index in [-0.39, 0.29) is 0 Å².